The van der Waals surface area contributed by atoms with Crippen LogP contribution in [-0.4, -0.2) is 39.3 Å². The van der Waals surface area contributed by atoms with Gasteiger partial charge in [-0.1, -0.05) is 55.5 Å². The molecule has 0 amide bonds. The number of rotatable bonds is 12. The van der Waals surface area contributed by atoms with Crippen LogP contribution in [0.15, 0.2) is 48.6 Å². The summed E-state index contributed by atoms with van der Waals surface area (Å²) in [6.07, 6.45) is 17.2. The fraction of sp³-hybridized carbons (Fsp3) is 0.545. The number of hydrogen-bond donors (Lipinski definition) is 3. The lowest BCUT2D eigenvalue weighted by atomic mass is 9.90. The van der Waals surface area contributed by atoms with E-state index in [4.69, 9.17) is 5.11 Å². The molecule has 1 saturated carbocycles. The first-order valence-electron chi connectivity index (χ1n) is 9.69. The number of carboxylic acids is 1. The minimum Gasteiger partial charge on any atom is -0.481 e. The van der Waals surface area contributed by atoms with Gasteiger partial charge in [0.1, 0.15) is 5.78 Å². The molecule has 4 atom stereocenters. The lowest BCUT2D eigenvalue weighted by molar-refractivity contribution is -0.136. The predicted octanol–water partition coefficient (Wildman–Crippen LogP) is 3.58. The standard InChI is InChI=1S/C22H32O5/c1-2-3-8-11-17(23)14-15-19-18(20(24)16-21(19)25)12-9-6-4-5-7-10-13-22(26)27/h3,5-9,14-15,17-20,23-24H,2,4,10-13,16H2,1H3,(H,26,27)/b7-5-,8-3-,9-6-,15-14+/t17-,18-,19+,20+/m1/s1. The summed E-state index contributed by atoms with van der Waals surface area (Å²) in [5.74, 6) is -1.32. The van der Waals surface area contributed by atoms with E-state index in [1.54, 1.807) is 12.2 Å². The number of aliphatic hydroxyl groups excluding tert-OH is 2. The van der Waals surface area contributed by atoms with E-state index in [1.807, 2.05) is 43.4 Å². The quantitative estimate of drug-likeness (QED) is 0.453. The van der Waals surface area contributed by atoms with Crippen molar-refractivity contribution in [3.05, 3.63) is 48.6 Å². The highest BCUT2D eigenvalue weighted by Gasteiger charge is 2.39. The second-order valence-corrected chi connectivity index (χ2v) is 6.84. The number of allylic oxidation sites excluding steroid dienone is 6. The number of aliphatic hydroxyl groups is 2. The molecule has 5 nitrogen and oxygen atoms in total. The van der Waals surface area contributed by atoms with Gasteiger partial charge in [0, 0.05) is 24.7 Å². The van der Waals surface area contributed by atoms with Crippen molar-refractivity contribution in [2.75, 3.05) is 0 Å². The van der Waals surface area contributed by atoms with Crippen molar-refractivity contribution >= 4 is 11.8 Å². The van der Waals surface area contributed by atoms with Gasteiger partial charge in [-0.05, 0) is 32.1 Å². The third-order valence-corrected chi connectivity index (χ3v) is 4.60. The molecule has 0 aromatic carbocycles. The van der Waals surface area contributed by atoms with Crippen LogP contribution in [0, 0.1) is 11.8 Å². The minimum atomic E-state index is -0.805. The number of carbonyl (C=O) groups is 2. The Morgan fingerprint density at radius 1 is 1.19 bits per heavy atom. The van der Waals surface area contributed by atoms with E-state index in [2.05, 4.69) is 0 Å². The average molecular weight is 376 g/mol. The molecule has 150 valence electrons. The summed E-state index contributed by atoms with van der Waals surface area (Å²) >= 11 is 0. The van der Waals surface area contributed by atoms with Gasteiger partial charge in [0.25, 0.3) is 0 Å². The van der Waals surface area contributed by atoms with Gasteiger partial charge >= 0.3 is 5.97 Å². The number of ketones is 1. The van der Waals surface area contributed by atoms with E-state index in [0.717, 1.165) is 6.42 Å². The van der Waals surface area contributed by atoms with Crippen LogP contribution >= 0.6 is 0 Å². The molecular weight excluding hydrogens is 344 g/mol. The first-order valence-corrected chi connectivity index (χ1v) is 9.69. The summed E-state index contributed by atoms with van der Waals surface area (Å²) in [6.45, 7) is 2.03. The summed E-state index contributed by atoms with van der Waals surface area (Å²) in [5, 5.41) is 28.7. The van der Waals surface area contributed by atoms with Crippen molar-refractivity contribution in [3.63, 3.8) is 0 Å². The van der Waals surface area contributed by atoms with Crippen molar-refractivity contribution in [2.24, 2.45) is 11.8 Å². The van der Waals surface area contributed by atoms with Gasteiger partial charge < -0.3 is 15.3 Å². The maximum Gasteiger partial charge on any atom is 0.303 e. The average Bonchev–Trinajstić information content (AvgIpc) is 2.88. The lowest BCUT2D eigenvalue weighted by Crippen LogP contribution is -2.19. The Labute approximate surface area is 161 Å². The highest BCUT2D eigenvalue weighted by atomic mass is 16.4. The number of aliphatic carboxylic acids is 1. The van der Waals surface area contributed by atoms with Crippen LogP contribution in [0.25, 0.3) is 0 Å². The zero-order valence-electron chi connectivity index (χ0n) is 16.0. The highest BCUT2D eigenvalue weighted by Crippen LogP contribution is 2.33. The molecule has 5 heteroatoms. The molecule has 1 rings (SSSR count). The molecule has 0 heterocycles. The molecule has 1 fully saturated rings. The first-order chi connectivity index (χ1) is 13.0. The van der Waals surface area contributed by atoms with Gasteiger partial charge in [0.15, 0.2) is 0 Å². The summed E-state index contributed by atoms with van der Waals surface area (Å²) in [7, 11) is 0. The largest absolute Gasteiger partial charge is 0.481 e. The zero-order chi connectivity index (χ0) is 20.1. The molecule has 0 unspecified atom stereocenters. The predicted molar refractivity (Wildman–Crippen MR) is 106 cm³/mol. The van der Waals surface area contributed by atoms with Crippen molar-refractivity contribution in [1.82, 2.24) is 0 Å². The molecule has 0 aliphatic heterocycles. The van der Waals surface area contributed by atoms with Gasteiger partial charge in [-0.2, -0.15) is 0 Å². The topological polar surface area (TPSA) is 94.8 Å². The van der Waals surface area contributed by atoms with Gasteiger partial charge in [-0.25, -0.2) is 0 Å². The van der Waals surface area contributed by atoms with E-state index >= 15 is 0 Å². The second kappa shape index (κ2) is 13.2. The Kier molecular flexibility index (Phi) is 11.3. The van der Waals surface area contributed by atoms with Gasteiger partial charge in [0.05, 0.1) is 12.2 Å². The molecule has 0 spiro atoms. The van der Waals surface area contributed by atoms with Gasteiger partial charge in [-0.15, -0.1) is 0 Å². The SMILES string of the molecule is CC/C=C\C[C@@H](O)/C=C/[C@@H]1C(=O)C[C@H](O)[C@@H]1C/C=C\C/C=C\CCC(=O)O. The van der Waals surface area contributed by atoms with E-state index < -0.39 is 18.2 Å². The van der Waals surface area contributed by atoms with E-state index in [-0.39, 0.29) is 30.5 Å². The molecule has 0 bridgehead atoms. The van der Waals surface area contributed by atoms with Crippen molar-refractivity contribution in [3.8, 4) is 0 Å². The van der Waals surface area contributed by atoms with Crippen molar-refractivity contribution in [2.45, 2.75) is 64.1 Å². The highest BCUT2D eigenvalue weighted by molar-refractivity contribution is 5.86. The Bertz CT molecular complexity index is 573. The summed E-state index contributed by atoms with van der Waals surface area (Å²) in [6, 6.07) is 0. The van der Waals surface area contributed by atoms with Crippen molar-refractivity contribution in [1.29, 1.82) is 0 Å². The number of carbonyl (C=O) groups excluding carboxylic acids is 1. The van der Waals surface area contributed by atoms with Crippen LogP contribution in [-0.2, 0) is 9.59 Å². The summed E-state index contributed by atoms with van der Waals surface area (Å²) in [5.41, 5.74) is 0. The van der Waals surface area contributed by atoms with Crippen LogP contribution in [0.1, 0.15) is 51.9 Å². The molecule has 0 aromatic heterocycles. The molecule has 1 aliphatic carbocycles. The smallest absolute Gasteiger partial charge is 0.303 e. The molecule has 27 heavy (non-hydrogen) atoms. The van der Waals surface area contributed by atoms with Crippen molar-refractivity contribution < 1.29 is 24.9 Å². The number of Topliss-reactive ketones (excluding diaryl/α,β-unsaturated/α-hetero) is 1. The Hall–Kier alpha value is -1.98. The maximum absolute atomic E-state index is 12.1. The van der Waals surface area contributed by atoms with E-state index in [9.17, 15) is 19.8 Å². The van der Waals surface area contributed by atoms with Crippen LogP contribution in [0.2, 0.25) is 0 Å². The van der Waals surface area contributed by atoms with Crippen LogP contribution in [0.3, 0.4) is 0 Å². The Balaban J connectivity index is 2.48. The van der Waals surface area contributed by atoms with Gasteiger partial charge in [-0.3, -0.25) is 9.59 Å². The Morgan fingerprint density at radius 3 is 2.63 bits per heavy atom. The molecule has 1 aliphatic rings. The van der Waals surface area contributed by atoms with Crippen LogP contribution in [0.5, 0.6) is 0 Å². The lowest BCUT2D eigenvalue weighted by Gasteiger charge is -2.16. The van der Waals surface area contributed by atoms with Crippen LogP contribution < -0.4 is 0 Å². The third kappa shape index (κ3) is 9.50. The summed E-state index contributed by atoms with van der Waals surface area (Å²) in [4.78, 5) is 22.5. The zero-order valence-corrected chi connectivity index (χ0v) is 16.0. The molecular formula is C22H32O5. The van der Waals surface area contributed by atoms with Crippen LogP contribution in [0.4, 0.5) is 0 Å². The van der Waals surface area contributed by atoms with E-state index in [0.29, 0.717) is 25.7 Å². The Morgan fingerprint density at radius 2 is 1.93 bits per heavy atom. The fourth-order valence-corrected chi connectivity index (χ4v) is 3.10. The monoisotopic (exact) mass is 376 g/mol. The maximum atomic E-state index is 12.1. The van der Waals surface area contributed by atoms with Gasteiger partial charge in [0.2, 0.25) is 0 Å². The first kappa shape index (κ1) is 23.1. The summed E-state index contributed by atoms with van der Waals surface area (Å²) < 4.78 is 0. The number of hydrogen-bond acceptors (Lipinski definition) is 4. The molecule has 3 N–H and O–H groups in total. The second-order valence-electron chi connectivity index (χ2n) is 6.84. The van der Waals surface area contributed by atoms with E-state index in [1.165, 1.54) is 0 Å². The third-order valence-electron chi connectivity index (χ3n) is 4.60. The fourth-order valence-electron chi connectivity index (χ4n) is 3.10. The molecule has 0 radical (unpaired) electrons. The minimum absolute atomic E-state index is 0.0158. The molecule has 0 saturated heterocycles. The molecule has 0 aromatic rings. The normalized spacial score (nSPS) is 24.9. The number of carboxylic acid groups (broad SMARTS) is 1.